The van der Waals surface area contributed by atoms with Crippen molar-refractivity contribution in [3.05, 3.63) is 36.4 Å². The summed E-state index contributed by atoms with van der Waals surface area (Å²) >= 11 is 1.69. The van der Waals surface area contributed by atoms with E-state index >= 15 is 0 Å². The Bertz CT molecular complexity index is 477. The van der Waals surface area contributed by atoms with Crippen LogP contribution in [0.1, 0.15) is 78.7 Å². The first-order valence-corrected chi connectivity index (χ1v) is 10.2. The predicted octanol–water partition coefficient (Wildman–Crippen LogP) is 7.17. The lowest BCUT2D eigenvalue weighted by atomic mass is 10.1. The van der Waals surface area contributed by atoms with Crippen molar-refractivity contribution < 1.29 is 0 Å². The first-order valence-electron chi connectivity index (χ1n) is 9.36. The molecule has 2 nitrogen and oxygen atoms in total. The van der Waals surface area contributed by atoms with Gasteiger partial charge >= 0.3 is 0 Å². The topological polar surface area (TPSA) is 38.4 Å². The van der Waals surface area contributed by atoms with Crippen LogP contribution in [0.15, 0.2) is 35.8 Å². The molecule has 0 heterocycles. The van der Waals surface area contributed by atoms with Gasteiger partial charge in [-0.2, -0.15) is 0 Å². The summed E-state index contributed by atoms with van der Waals surface area (Å²) < 4.78 is 0. The molecule has 3 heteroatoms. The van der Waals surface area contributed by atoms with Gasteiger partial charge in [0.1, 0.15) is 0 Å². The van der Waals surface area contributed by atoms with Gasteiger partial charge in [-0.3, -0.25) is 4.99 Å². The highest BCUT2D eigenvalue weighted by atomic mass is 32.2. The molecule has 0 spiro atoms. The molecule has 0 bridgehead atoms. The summed E-state index contributed by atoms with van der Waals surface area (Å²) in [5.74, 6) is 0. The van der Waals surface area contributed by atoms with Gasteiger partial charge in [-0.1, -0.05) is 83.9 Å². The van der Waals surface area contributed by atoms with Crippen LogP contribution in [0.25, 0.3) is 4.91 Å². The molecule has 1 rings (SSSR count). The van der Waals surface area contributed by atoms with Crippen molar-refractivity contribution in [1.82, 2.24) is 0 Å². The molecule has 0 radical (unpaired) electrons. The van der Waals surface area contributed by atoms with E-state index in [-0.39, 0.29) is 0 Å². The van der Waals surface area contributed by atoms with Crippen LogP contribution in [-0.4, -0.2) is 11.1 Å². The van der Waals surface area contributed by atoms with E-state index < -0.39 is 0 Å². The number of nitrogen functional groups attached to an aromatic ring is 1. The van der Waals surface area contributed by atoms with Crippen LogP contribution >= 0.6 is 11.8 Å². The van der Waals surface area contributed by atoms with Crippen LogP contribution in [-0.2, 0) is 0 Å². The normalized spacial score (nSPS) is 12.3. The lowest BCUT2D eigenvalue weighted by Gasteiger charge is -2.11. The third-order valence-electron chi connectivity index (χ3n) is 3.62. The summed E-state index contributed by atoms with van der Waals surface area (Å²) in [5.41, 5.74) is 7.63. The summed E-state index contributed by atoms with van der Waals surface area (Å²) in [7, 11) is 0. The Morgan fingerprint density at radius 1 is 1.12 bits per heavy atom. The minimum atomic E-state index is 0.401. The van der Waals surface area contributed by atoms with Gasteiger partial charge in [-0.15, -0.1) is 0 Å². The first kappa shape index (κ1) is 22.8. The third kappa shape index (κ3) is 9.82. The number of nitrogens with zero attached hydrogens (tertiary/aromatic N) is 1. The van der Waals surface area contributed by atoms with E-state index in [0.717, 1.165) is 22.6 Å². The van der Waals surface area contributed by atoms with Crippen molar-refractivity contribution in [2.75, 3.05) is 5.73 Å². The molecule has 24 heavy (non-hydrogen) atoms. The number of hydrogen-bond donors (Lipinski definition) is 1. The molecule has 0 amide bonds. The summed E-state index contributed by atoms with van der Waals surface area (Å²) in [6, 6.07) is 8.28. The van der Waals surface area contributed by atoms with Crippen LogP contribution in [0.3, 0.4) is 0 Å². The molecule has 0 aliphatic heterocycles. The zero-order valence-electron chi connectivity index (χ0n) is 16.3. The molecule has 136 valence electrons. The lowest BCUT2D eigenvalue weighted by molar-refractivity contribution is 0.577. The minimum absolute atomic E-state index is 0.401. The fourth-order valence-electron chi connectivity index (χ4n) is 2.24. The molecule has 0 aromatic heterocycles. The second-order valence-corrected chi connectivity index (χ2v) is 6.89. The lowest BCUT2D eigenvalue weighted by Crippen LogP contribution is -2.02. The van der Waals surface area contributed by atoms with Crippen molar-refractivity contribution in [2.24, 2.45) is 4.99 Å². The predicted molar refractivity (Wildman–Crippen MR) is 115 cm³/mol. The zero-order valence-corrected chi connectivity index (χ0v) is 17.1. The first-order chi connectivity index (χ1) is 11.6. The summed E-state index contributed by atoms with van der Waals surface area (Å²) in [4.78, 5) is 5.91. The number of unbranched alkanes of at least 4 members (excludes halogenated alkanes) is 3. The molecule has 0 saturated heterocycles. The van der Waals surface area contributed by atoms with Crippen LogP contribution in [0, 0.1) is 0 Å². The molecule has 0 aliphatic rings. The van der Waals surface area contributed by atoms with Crippen LogP contribution in [0.5, 0.6) is 0 Å². The van der Waals surface area contributed by atoms with Gasteiger partial charge in [0.15, 0.2) is 0 Å². The molecule has 1 aromatic carbocycles. The Hall–Kier alpha value is -1.22. The van der Waals surface area contributed by atoms with Gasteiger partial charge in [-0.25, -0.2) is 0 Å². The fraction of sp³-hybridized carbons (Fsp3) is 0.571. The Balaban J connectivity index is 0.00000254. The highest BCUT2D eigenvalue weighted by molar-refractivity contribution is 8.21. The standard InChI is InChI=1S/C19H30N2S.C2H6/c1-5-7-8-9-10-15(3)21-19(6-2)22-16(4)17-11-13-18(20)14-12-17;1-2/h11-15H,4-10,20H2,1-3H3;1-2H3. The Labute approximate surface area is 154 Å². The van der Waals surface area contributed by atoms with Crippen molar-refractivity contribution >= 4 is 27.4 Å². The summed E-state index contributed by atoms with van der Waals surface area (Å²) in [5, 5.41) is 1.17. The van der Waals surface area contributed by atoms with E-state index in [0.29, 0.717) is 6.04 Å². The Morgan fingerprint density at radius 3 is 2.29 bits per heavy atom. The largest absolute Gasteiger partial charge is 0.399 e. The average molecular weight is 349 g/mol. The van der Waals surface area contributed by atoms with Gasteiger partial charge in [0.25, 0.3) is 0 Å². The van der Waals surface area contributed by atoms with E-state index in [1.807, 2.05) is 38.1 Å². The molecule has 1 unspecified atom stereocenters. The quantitative estimate of drug-likeness (QED) is 0.222. The van der Waals surface area contributed by atoms with Crippen LogP contribution in [0.4, 0.5) is 5.69 Å². The molecule has 1 atom stereocenters. The highest BCUT2D eigenvalue weighted by Gasteiger charge is 2.07. The Kier molecular flexibility index (Phi) is 13.4. The zero-order chi connectivity index (χ0) is 18.4. The molecule has 2 N–H and O–H groups in total. The molecular formula is C21H36N2S. The van der Waals surface area contributed by atoms with E-state index in [1.54, 1.807) is 11.8 Å². The molecule has 0 aliphatic carbocycles. The van der Waals surface area contributed by atoms with Gasteiger partial charge in [0.2, 0.25) is 0 Å². The molecule has 0 fully saturated rings. The second kappa shape index (κ2) is 14.2. The van der Waals surface area contributed by atoms with Crippen molar-refractivity contribution in [3.8, 4) is 0 Å². The number of thioether (sulfide) groups is 1. The van der Waals surface area contributed by atoms with Crippen molar-refractivity contribution in [2.45, 2.75) is 79.2 Å². The fourth-order valence-corrected chi connectivity index (χ4v) is 3.15. The maximum absolute atomic E-state index is 5.73. The SMILES string of the molecule is C=C(SC(CC)=NC(C)CCCCCC)c1ccc(N)cc1.CC. The van der Waals surface area contributed by atoms with Gasteiger partial charge in [0.05, 0.1) is 5.04 Å². The van der Waals surface area contributed by atoms with Gasteiger partial charge in [0, 0.05) is 16.6 Å². The number of benzene rings is 1. The maximum Gasteiger partial charge on any atom is 0.0724 e. The maximum atomic E-state index is 5.73. The number of nitrogens with two attached hydrogens (primary N) is 1. The highest BCUT2D eigenvalue weighted by Crippen LogP contribution is 2.29. The number of aliphatic imine (C=N–C) groups is 1. The number of hydrogen-bond acceptors (Lipinski definition) is 3. The van der Waals surface area contributed by atoms with E-state index in [1.165, 1.54) is 37.1 Å². The molecule has 0 saturated carbocycles. The van der Waals surface area contributed by atoms with Crippen LogP contribution in [0.2, 0.25) is 0 Å². The Morgan fingerprint density at radius 2 is 1.75 bits per heavy atom. The molecular weight excluding hydrogens is 312 g/mol. The van der Waals surface area contributed by atoms with E-state index in [2.05, 4.69) is 27.4 Å². The average Bonchev–Trinajstić information content (AvgIpc) is 2.60. The number of rotatable bonds is 9. The van der Waals surface area contributed by atoms with Gasteiger partial charge in [-0.05, 0) is 37.5 Å². The number of anilines is 1. The second-order valence-electron chi connectivity index (χ2n) is 5.72. The minimum Gasteiger partial charge on any atom is -0.399 e. The third-order valence-corrected chi connectivity index (χ3v) is 4.73. The van der Waals surface area contributed by atoms with E-state index in [9.17, 15) is 0 Å². The summed E-state index contributed by atoms with van der Waals surface area (Å²) in [6.07, 6.45) is 7.35. The van der Waals surface area contributed by atoms with Crippen molar-refractivity contribution in [1.29, 1.82) is 0 Å². The monoisotopic (exact) mass is 348 g/mol. The summed E-state index contributed by atoms with van der Waals surface area (Å²) in [6.45, 7) is 14.8. The van der Waals surface area contributed by atoms with Crippen LogP contribution < -0.4 is 5.73 Å². The van der Waals surface area contributed by atoms with E-state index in [4.69, 9.17) is 10.7 Å². The molecule has 1 aromatic rings. The van der Waals surface area contributed by atoms with Crippen molar-refractivity contribution in [3.63, 3.8) is 0 Å². The van der Waals surface area contributed by atoms with Gasteiger partial charge < -0.3 is 5.73 Å². The smallest absolute Gasteiger partial charge is 0.0724 e.